The Morgan fingerprint density at radius 2 is 1.95 bits per heavy atom. The highest BCUT2D eigenvalue weighted by Crippen LogP contribution is 2.21. The lowest BCUT2D eigenvalue weighted by atomic mass is 10.0. The van der Waals surface area contributed by atoms with Gasteiger partial charge in [-0.25, -0.2) is 0 Å². The number of carboxylic acid groups (broad SMARTS) is 1. The van der Waals surface area contributed by atoms with Crippen LogP contribution in [0.1, 0.15) is 10.4 Å². The second-order valence-corrected chi connectivity index (χ2v) is 5.72. The van der Waals surface area contributed by atoms with Crippen molar-refractivity contribution in [2.24, 2.45) is 5.92 Å². The fourth-order valence-electron chi connectivity index (χ4n) is 2.11. The van der Waals surface area contributed by atoms with Gasteiger partial charge in [-0.1, -0.05) is 0 Å². The Morgan fingerprint density at radius 3 is 2.53 bits per heavy atom. The van der Waals surface area contributed by atoms with E-state index in [2.05, 4.69) is 22.6 Å². The van der Waals surface area contributed by atoms with E-state index in [0.717, 1.165) is 3.57 Å². The molecule has 1 aromatic carbocycles. The van der Waals surface area contributed by atoms with Gasteiger partial charge in [0.05, 0.1) is 19.3 Å². The Morgan fingerprint density at radius 1 is 1.32 bits per heavy atom. The van der Waals surface area contributed by atoms with Crippen LogP contribution in [-0.2, 0) is 9.53 Å². The molecule has 6 heteroatoms. The van der Waals surface area contributed by atoms with Crippen molar-refractivity contribution in [1.29, 1.82) is 0 Å². The molecule has 2 unspecified atom stereocenters. The highest BCUT2D eigenvalue weighted by atomic mass is 127. The van der Waals surface area contributed by atoms with Gasteiger partial charge in [0, 0.05) is 16.2 Å². The highest BCUT2D eigenvalue weighted by molar-refractivity contribution is 14.1. The molecule has 2 atom stereocenters. The third-order valence-electron chi connectivity index (χ3n) is 3.28. The molecule has 19 heavy (non-hydrogen) atoms. The van der Waals surface area contributed by atoms with Gasteiger partial charge in [-0.3, -0.25) is 9.59 Å². The Kier molecular flexibility index (Phi) is 4.41. The van der Waals surface area contributed by atoms with Crippen molar-refractivity contribution in [3.05, 3.63) is 33.4 Å². The number of hydrogen-bond acceptors (Lipinski definition) is 3. The third kappa shape index (κ3) is 3.06. The minimum absolute atomic E-state index is 0.157. The van der Waals surface area contributed by atoms with Crippen LogP contribution in [0.2, 0.25) is 0 Å². The summed E-state index contributed by atoms with van der Waals surface area (Å²) in [4.78, 5) is 24.9. The van der Waals surface area contributed by atoms with E-state index < -0.39 is 17.9 Å². The molecule has 5 nitrogen and oxygen atoms in total. The number of rotatable bonds is 3. The van der Waals surface area contributed by atoms with Crippen molar-refractivity contribution in [3.8, 4) is 0 Å². The number of ether oxygens (including phenoxy) is 1. The molecule has 0 radical (unpaired) electrons. The molecule has 0 aromatic heterocycles. The highest BCUT2D eigenvalue weighted by Gasteiger charge is 2.38. The van der Waals surface area contributed by atoms with Gasteiger partial charge in [-0.2, -0.15) is 0 Å². The summed E-state index contributed by atoms with van der Waals surface area (Å²) in [5.41, 5.74) is 0.555. The van der Waals surface area contributed by atoms with Crippen LogP contribution < -0.4 is 0 Å². The van der Waals surface area contributed by atoms with Crippen LogP contribution in [0.4, 0.5) is 0 Å². The number of carbonyl (C=O) groups excluding carboxylic acids is 1. The van der Waals surface area contributed by atoms with E-state index in [1.54, 1.807) is 19.2 Å². The number of hydrogen-bond donors (Lipinski definition) is 1. The summed E-state index contributed by atoms with van der Waals surface area (Å²) in [7, 11) is 1.62. The SMILES string of the molecule is CN(C(=O)c1ccc(I)cc1)C1COCC1C(=O)O. The van der Waals surface area contributed by atoms with Gasteiger partial charge in [0.15, 0.2) is 0 Å². The van der Waals surface area contributed by atoms with Crippen molar-refractivity contribution in [3.63, 3.8) is 0 Å². The molecule has 0 spiro atoms. The lowest BCUT2D eigenvalue weighted by Gasteiger charge is -2.26. The topological polar surface area (TPSA) is 66.8 Å². The minimum atomic E-state index is -0.926. The maximum absolute atomic E-state index is 12.3. The van der Waals surface area contributed by atoms with E-state index in [-0.39, 0.29) is 19.1 Å². The number of aliphatic carboxylic acids is 1. The maximum atomic E-state index is 12.3. The molecule has 0 bridgehead atoms. The zero-order valence-electron chi connectivity index (χ0n) is 10.4. The number of likely N-dealkylation sites (N-methyl/N-ethyl adjacent to an activating group) is 1. The number of nitrogens with zero attached hydrogens (tertiary/aromatic N) is 1. The van der Waals surface area contributed by atoms with E-state index >= 15 is 0 Å². The summed E-state index contributed by atoms with van der Waals surface area (Å²) >= 11 is 2.16. The third-order valence-corrected chi connectivity index (χ3v) is 4.00. The molecule has 1 aliphatic rings. The number of carboxylic acids is 1. The molecule has 1 fully saturated rings. The summed E-state index contributed by atoms with van der Waals surface area (Å²) in [6.45, 7) is 0.424. The molecule has 0 aliphatic carbocycles. The summed E-state index contributed by atoms with van der Waals surface area (Å²) in [6.07, 6.45) is 0. The van der Waals surface area contributed by atoms with E-state index in [1.807, 2.05) is 12.1 Å². The molecule has 1 aromatic rings. The molecule has 1 aliphatic heterocycles. The maximum Gasteiger partial charge on any atom is 0.311 e. The Balaban J connectivity index is 2.14. The molecule has 0 saturated carbocycles. The van der Waals surface area contributed by atoms with Crippen LogP contribution in [0.5, 0.6) is 0 Å². The second-order valence-electron chi connectivity index (χ2n) is 4.47. The molecule has 1 N–H and O–H groups in total. The quantitative estimate of drug-likeness (QED) is 0.813. The van der Waals surface area contributed by atoms with Crippen molar-refractivity contribution < 1.29 is 19.4 Å². The second kappa shape index (κ2) is 5.87. The number of halogens is 1. The first-order valence-corrected chi connectivity index (χ1v) is 6.92. The molecule has 1 saturated heterocycles. The van der Waals surface area contributed by atoms with Crippen molar-refractivity contribution >= 4 is 34.5 Å². The van der Waals surface area contributed by atoms with Gasteiger partial charge in [0.25, 0.3) is 5.91 Å². The van der Waals surface area contributed by atoms with Gasteiger partial charge in [-0.05, 0) is 46.9 Å². The summed E-state index contributed by atoms with van der Waals surface area (Å²) in [5.74, 6) is -1.76. The Hall–Kier alpha value is -1.15. The molecular formula is C13H14INO4. The summed E-state index contributed by atoms with van der Waals surface area (Å²) in [6, 6.07) is 6.77. The molecule has 1 heterocycles. The van der Waals surface area contributed by atoms with E-state index in [9.17, 15) is 9.59 Å². The summed E-state index contributed by atoms with van der Waals surface area (Å²) < 4.78 is 6.23. The van der Waals surface area contributed by atoms with Gasteiger partial charge >= 0.3 is 5.97 Å². The van der Waals surface area contributed by atoms with Crippen LogP contribution >= 0.6 is 22.6 Å². The smallest absolute Gasteiger partial charge is 0.311 e. The monoisotopic (exact) mass is 375 g/mol. The van der Waals surface area contributed by atoms with Crippen LogP contribution in [0.15, 0.2) is 24.3 Å². The number of amides is 1. The van der Waals surface area contributed by atoms with Crippen molar-refractivity contribution in [1.82, 2.24) is 4.90 Å². The molecule has 2 rings (SSSR count). The predicted molar refractivity (Wildman–Crippen MR) is 77.0 cm³/mol. The molecular weight excluding hydrogens is 361 g/mol. The average molecular weight is 375 g/mol. The van der Waals surface area contributed by atoms with Gasteiger partial charge < -0.3 is 14.7 Å². The largest absolute Gasteiger partial charge is 0.481 e. The normalized spacial score (nSPS) is 22.2. The molecule has 102 valence electrons. The van der Waals surface area contributed by atoms with Gasteiger partial charge in [0.2, 0.25) is 0 Å². The Bertz CT molecular complexity index is 488. The van der Waals surface area contributed by atoms with E-state index in [1.165, 1.54) is 4.90 Å². The van der Waals surface area contributed by atoms with E-state index in [4.69, 9.17) is 9.84 Å². The first-order chi connectivity index (χ1) is 9.00. The summed E-state index contributed by atoms with van der Waals surface area (Å²) in [5, 5.41) is 9.10. The first kappa shape index (κ1) is 14.3. The first-order valence-electron chi connectivity index (χ1n) is 5.84. The lowest BCUT2D eigenvalue weighted by molar-refractivity contribution is -0.142. The minimum Gasteiger partial charge on any atom is -0.481 e. The van der Waals surface area contributed by atoms with Gasteiger partial charge in [-0.15, -0.1) is 0 Å². The Labute approximate surface area is 124 Å². The van der Waals surface area contributed by atoms with Crippen molar-refractivity contribution in [2.45, 2.75) is 6.04 Å². The van der Waals surface area contributed by atoms with Crippen LogP contribution in [0, 0.1) is 9.49 Å². The lowest BCUT2D eigenvalue weighted by Crippen LogP contribution is -2.44. The fourth-order valence-corrected chi connectivity index (χ4v) is 2.47. The standard InChI is InChI=1S/C13H14INO4/c1-15(11-7-19-6-10(11)13(17)18)12(16)8-2-4-9(14)5-3-8/h2-5,10-11H,6-7H2,1H3,(H,17,18). The van der Waals surface area contributed by atoms with Crippen molar-refractivity contribution in [2.75, 3.05) is 20.3 Å². The fraction of sp³-hybridized carbons (Fsp3) is 0.385. The zero-order valence-corrected chi connectivity index (χ0v) is 12.5. The van der Waals surface area contributed by atoms with E-state index in [0.29, 0.717) is 5.56 Å². The molecule has 1 amide bonds. The van der Waals surface area contributed by atoms with Gasteiger partial charge in [0.1, 0.15) is 5.92 Å². The van der Waals surface area contributed by atoms with Crippen LogP contribution in [0.3, 0.4) is 0 Å². The number of benzene rings is 1. The predicted octanol–water partition coefficient (Wildman–Crippen LogP) is 1.46. The number of carbonyl (C=O) groups is 2. The van der Waals surface area contributed by atoms with Crippen LogP contribution in [-0.4, -0.2) is 48.2 Å². The average Bonchev–Trinajstić information content (AvgIpc) is 2.87. The van der Waals surface area contributed by atoms with Crippen LogP contribution in [0.25, 0.3) is 0 Å². The zero-order chi connectivity index (χ0) is 14.0.